The van der Waals surface area contributed by atoms with Crippen molar-refractivity contribution in [1.29, 1.82) is 0 Å². The van der Waals surface area contributed by atoms with Crippen LogP contribution in [0.1, 0.15) is 71.2 Å². The number of hydrogen-bond donors (Lipinski definition) is 1. The molecule has 0 saturated heterocycles. The molecule has 28 heavy (non-hydrogen) atoms. The van der Waals surface area contributed by atoms with Crippen molar-refractivity contribution in [1.82, 2.24) is 0 Å². The minimum atomic E-state index is -4.12. The van der Waals surface area contributed by atoms with Crippen LogP contribution in [0.3, 0.4) is 0 Å². The molecular formula is C19H30F3NaO3S2. The third-order valence-corrected chi connectivity index (χ3v) is 6.03. The summed E-state index contributed by atoms with van der Waals surface area (Å²) < 4.78 is 66.7. The molecule has 0 spiro atoms. The zero-order chi connectivity index (χ0) is 20.2. The van der Waals surface area contributed by atoms with Crippen molar-refractivity contribution in [2.45, 2.75) is 81.0 Å². The monoisotopic (exact) mass is 450 g/mol. The van der Waals surface area contributed by atoms with Crippen molar-refractivity contribution in [3.8, 4) is 0 Å². The topological polar surface area (TPSA) is 54.4 Å². The second-order valence-corrected chi connectivity index (χ2v) is 9.28. The third kappa shape index (κ3) is 15.2. The number of aryl methyl sites for hydroxylation is 1. The van der Waals surface area contributed by atoms with Gasteiger partial charge in [0.2, 0.25) is 0 Å². The predicted molar refractivity (Wildman–Crippen MR) is 106 cm³/mol. The predicted octanol–water partition coefficient (Wildman–Crippen LogP) is 3.75. The first-order chi connectivity index (χ1) is 12.7. The average Bonchev–Trinajstić information content (AvgIpc) is 2.57. The quantitative estimate of drug-likeness (QED) is 0.267. The molecule has 0 aliphatic rings. The second-order valence-electron chi connectivity index (χ2n) is 6.70. The zero-order valence-electron chi connectivity index (χ0n) is 17.5. The summed E-state index contributed by atoms with van der Waals surface area (Å²) in [4.78, 5) is -0.0784. The van der Waals surface area contributed by atoms with Gasteiger partial charge in [-0.2, -0.15) is 21.6 Å². The maximum atomic E-state index is 11.9. The minimum absolute atomic E-state index is 0. The molecule has 158 valence electrons. The van der Waals surface area contributed by atoms with Gasteiger partial charge in [0, 0.05) is 5.75 Å². The first-order valence-corrected chi connectivity index (χ1v) is 11.9. The van der Waals surface area contributed by atoms with Gasteiger partial charge in [-0.3, -0.25) is 4.55 Å². The van der Waals surface area contributed by atoms with Crippen LogP contribution in [0.4, 0.5) is 13.2 Å². The molecule has 0 amide bonds. The Labute approximate surface area is 194 Å². The normalized spacial score (nSPS) is 12.0. The van der Waals surface area contributed by atoms with Crippen molar-refractivity contribution >= 4 is 21.9 Å². The molecule has 0 aliphatic carbocycles. The van der Waals surface area contributed by atoms with Crippen LogP contribution >= 0.6 is 11.8 Å². The van der Waals surface area contributed by atoms with Crippen LogP contribution in [0.25, 0.3) is 0 Å². The smallest absolute Gasteiger partial charge is 1.00 e. The van der Waals surface area contributed by atoms with Crippen molar-refractivity contribution < 1.29 is 57.1 Å². The van der Waals surface area contributed by atoms with E-state index in [-0.39, 0.29) is 53.4 Å². The fraction of sp³-hybridized carbons (Fsp3) is 0.684. The molecule has 0 aliphatic heterocycles. The van der Waals surface area contributed by atoms with Crippen LogP contribution in [0.15, 0.2) is 29.2 Å². The Kier molecular flexibility index (Phi) is 15.3. The van der Waals surface area contributed by atoms with E-state index in [1.165, 1.54) is 25.0 Å². The Bertz CT molecular complexity index is 627. The van der Waals surface area contributed by atoms with Crippen LogP contribution in [0.2, 0.25) is 0 Å². The van der Waals surface area contributed by atoms with E-state index >= 15 is 0 Å². The molecule has 0 atom stereocenters. The van der Waals surface area contributed by atoms with Crippen molar-refractivity contribution in [3.63, 3.8) is 0 Å². The SMILES string of the molecule is O=S(=O)(O)c1ccc(CCCCCCCCCCCCSC(F)(F)F)cc1.[H-].[Na+]. The van der Waals surface area contributed by atoms with Gasteiger partial charge in [0.1, 0.15) is 0 Å². The summed E-state index contributed by atoms with van der Waals surface area (Å²) in [6.45, 7) is 0. The van der Waals surface area contributed by atoms with E-state index < -0.39 is 15.6 Å². The number of halogens is 3. The molecule has 9 heteroatoms. The van der Waals surface area contributed by atoms with Gasteiger partial charge in [-0.1, -0.05) is 75.3 Å². The molecule has 0 saturated carbocycles. The Hall–Kier alpha value is 0.270. The first-order valence-electron chi connectivity index (χ1n) is 9.45. The van der Waals surface area contributed by atoms with Gasteiger partial charge in [0.05, 0.1) is 4.90 Å². The van der Waals surface area contributed by atoms with Gasteiger partial charge in [-0.25, -0.2) is 0 Å². The van der Waals surface area contributed by atoms with Crippen LogP contribution in [0.5, 0.6) is 0 Å². The standard InChI is InChI=1S/C19H29F3O3S2.Na.H/c20-19(21,22)26-16-10-8-6-4-2-1-3-5-7-9-11-17-12-14-18(15-13-17)27(23,24)25;;/h12-15H,1-11,16H2,(H,23,24,25);;/q;+1;-1. The Morgan fingerprint density at radius 1 is 0.821 bits per heavy atom. The van der Waals surface area contributed by atoms with E-state index in [1.54, 1.807) is 12.1 Å². The molecule has 1 rings (SSSR count). The Balaban J connectivity index is 0. The third-order valence-electron chi connectivity index (χ3n) is 4.35. The van der Waals surface area contributed by atoms with Crippen LogP contribution in [-0.2, 0) is 16.5 Å². The minimum Gasteiger partial charge on any atom is -1.00 e. The summed E-state index contributed by atoms with van der Waals surface area (Å²) in [7, 11) is -4.12. The summed E-state index contributed by atoms with van der Waals surface area (Å²) >= 11 is 0.0752. The molecule has 1 aromatic carbocycles. The largest absolute Gasteiger partial charge is 1.00 e. The fourth-order valence-electron chi connectivity index (χ4n) is 2.86. The Morgan fingerprint density at radius 3 is 1.68 bits per heavy atom. The number of unbranched alkanes of at least 4 members (excludes halogenated alkanes) is 9. The summed E-state index contributed by atoms with van der Waals surface area (Å²) in [5.74, 6) is 0.169. The zero-order valence-corrected chi connectivity index (χ0v) is 20.1. The number of alkyl halides is 3. The van der Waals surface area contributed by atoms with Gasteiger partial charge in [0.15, 0.2) is 0 Å². The van der Waals surface area contributed by atoms with Crippen LogP contribution < -0.4 is 29.6 Å². The molecule has 0 unspecified atom stereocenters. The maximum Gasteiger partial charge on any atom is 1.00 e. The van der Waals surface area contributed by atoms with Gasteiger partial charge in [-0.15, -0.1) is 0 Å². The number of hydrogen-bond acceptors (Lipinski definition) is 3. The van der Waals surface area contributed by atoms with Gasteiger partial charge in [0.25, 0.3) is 10.1 Å². The van der Waals surface area contributed by atoms with Crippen molar-refractivity contribution in [2.24, 2.45) is 0 Å². The number of rotatable bonds is 14. The number of thioether (sulfide) groups is 1. The van der Waals surface area contributed by atoms with Gasteiger partial charge >= 0.3 is 35.1 Å². The summed E-state index contributed by atoms with van der Waals surface area (Å²) in [5, 5.41) is 0. The molecule has 0 aromatic heterocycles. The first kappa shape index (κ1) is 28.3. The van der Waals surface area contributed by atoms with E-state index in [1.807, 2.05) is 0 Å². The van der Waals surface area contributed by atoms with E-state index in [9.17, 15) is 21.6 Å². The molecule has 1 aromatic rings. The van der Waals surface area contributed by atoms with Gasteiger partial charge in [-0.05, 0) is 37.0 Å². The molecule has 1 N–H and O–H groups in total. The van der Waals surface area contributed by atoms with Crippen molar-refractivity contribution in [3.05, 3.63) is 29.8 Å². The molecular weight excluding hydrogens is 420 g/mol. The van der Waals surface area contributed by atoms with E-state index in [2.05, 4.69) is 0 Å². The maximum absolute atomic E-state index is 11.9. The van der Waals surface area contributed by atoms with Gasteiger partial charge < -0.3 is 1.43 Å². The molecule has 0 heterocycles. The second kappa shape index (κ2) is 15.1. The molecule has 0 radical (unpaired) electrons. The molecule has 3 nitrogen and oxygen atoms in total. The van der Waals surface area contributed by atoms with Crippen LogP contribution in [0, 0.1) is 0 Å². The summed E-state index contributed by atoms with van der Waals surface area (Å²) in [6.07, 6.45) is 11.3. The summed E-state index contributed by atoms with van der Waals surface area (Å²) in [5.41, 5.74) is -3.03. The Morgan fingerprint density at radius 2 is 1.25 bits per heavy atom. The summed E-state index contributed by atoms with van der Waals surface area (Å²) in [6, 6.07) is 6.31. The fourth-order valence-corrected chi connectivity index (χ4v) is 3.92. The van der Waals surface area contributed by atoms with Crippen LogP contribution in [-0.4, -0.2) is 24.2 Å². The average molecular weight is 451 g/mol. The number of benzene rings is 1. The van der Waals surface area contributed by atoms with E-state index in [0.717, 1.165) is 56.9 Å². The molecule has 0 bridgehead atoms. The van der Waals surface area contributed by atoms with E-state index in [4.69, 9.17) is 4.55 Å². The molecule has 0 fully saturated rings. The van der Waals surface area contributed by atoms with Crippen molar-refractivity contribution in [2.75, 3.05) is 5.75 Å². The van der Waals surface area contributed by atoms with E-state index in [0.29, 0.717) is 6.42 Å².